The van der Waals surface area contributed by atoms with Gasteiger partial charge in [0.1, 0.15) is 5.82 Å². The van der Waals surface area contributed by atoms with E-state index in [2.05, 4.69) is 21.8 Å². The van der Waals surface area contributed by atoms with Crippen LogP contribution >= 0.6 is 0 Å². The van der Waals surface area contributed by atoms with Gasteiger partial charge in [0.2, 0.25) is 0 Å². The number of hydrogen-bond acceptors (Lipinski definition) is 6. The lowest BCUT2D eigenvalue weighted by Crippen LogP contribution is -2.28. The Morgan fingerprint density at radius 2 is 2.38 bits per heavy atom. The molecule has 2 heterocycles. The lowest BCUT2D eigenvalue weighted by Gasteiger charge is -2.22. The second-order valence-corrected chi connectivity index (χ2v) is 5.65. The van der Waals surface area contributed by atoms with E-state index in [0.717, 1.165) is 25.5 Å². The van der Waals surface area contributed by atoms with Crippen LogP contribution < -0.4 is 10.6 Å². The number of carbonyl (C=O) groups excluding carboxylic acids is 1. The molecule has 1 aromatic heterocycles. The van der Waals surface area contributed by atoms with Crippen molar-refractivity contribution >= 4 is 17.5 Å². The molecule has 1 aromatic rings. The van der Waals surface area contributed by atoms with Gasteiger partial charge in [0.15, 0.2) is 0 Å². The predicted molar refractivity (Wildman–Crippen MR) is 83.5 cm³/mol. The Morgan fingerprint density at radius 1 is 1.62 bits per heavy atom. The van der Waals surface area contributed by atoms with Gasteiger partial charge in [-0.2, -0.15) is 0 Å². The van der Waals surface area contributed by atoms with Crippen LogP contribution in [0.15, 0.2) is 12.3 Å². The second-order valence-electron chi connectivity index (χ2n) is 5.65. The molecule has 6 heteroatoms. The maximum absolute atomic E-state index is 11.9. The van der Waals surface area contributed by atoms with Gasteiger partial charge in [0, 0.05) is 20.1 Å². The third-order valence-corrected chi connectivity index (χ3v) is 3.83. The lowest BCUT2D eigenvalue weighted by atomic mass is 10.1. The quantitative estimate of drug-likeness (QED) is 0.823. The summed E-state index contributed by atoms with van der Waals surface area (Å²) < 4.78 is 5.02. The lowest BCUT2D eigenvalue weighted by molar-refractivity contribution is 0.0527. The predicted octanol–water partition coefficient (Wildman–Crippen LogP) is 1.23. The summed E-state index contributed by atoms with van der Waals surface area (Å²) in [6, 6.07) is 1.71. The standard InChI is InChI=1S/C15H24N4O2/c1-4-21-15(20)12-7-14(17-8-13(12)16)19(3)10-11-5-6-18(2)9-11/h7-8,11H,4-6,9-10,16H2,1-3H3. The monoisotopic (exact) mass is 292 g/mol. The van der Waals surface area contributed by atoms with Gasteiger partial charge in [-0.25, -0.2) is 9.78 Å². The number of nitrogen functional groups attached to an aromatic ring is 1. The van der Waals surface area contributed by atoms with Crippen LogP contribution in [0.25, 0.3) is 0 Å². The van der Waals surface area contributed by atoms with Crippen molar-refractivity contribution in [2.75, 3.05) is 51.0 Å². The van der Waals surface area contributed by atoms with Crippen LogP contribution in [0.5, 0.6) is 0 Å². The summed E-state index contributed by atoms with van der Waals surface area (Å²) in [6.45, 7) is 5.27. The summed E-state index contributed by atoms with van der Waals surface area (Å²) in [6.07, 6.45) is 2.72. The van der Waals surface area contributed by atoms with E-state index >= 15 is 0 Å². The Hall–Kier alpha value is -1.82. The number of aromatic nitrogens is 1. The summed E-state index contributed by atoms with van der Waals surface area (Å²) in [5, 5.41) is 0. The molecule has 0 amide bonds. The zero-order valence-electron chi connectivity index (χ0n) is 13.0. The fourth-order valence-corrected chi connectivity index (χ4v) is 2.71. The summed E-state index contributed by atoms with van der Waals surface area (Å²) in [5.41, 5.74) is 6.55. The van der Waals surface area contributed by atoms with E-state index in [1.165, 1.54) is 12.6 Å². The first-order valence-corrected chi connectivity index (χ1v) is 7.33. The molecule has 1 atom stereocenters. The van der Waals surface area contributed by atoms with Crippen LogP contribution in [0.3, 0.4) is 0 Å². The number of carbonyl (C=O) groups is 1. The van der Waals surface area contributed by atoms with Gasteiger partial charge in [-0.1, -0.05) is 0 Å². The van der Waals surface area contributed by atoms with Crippen molar-refractivity contribution in [3.05, 3.63) is 17.8 Å². The molecule has 0 aromatic carbocycles. The third-order valence-electron chi connectivity index (χ3n) is 3.83. The Bertz CT molecular complexity index is 506. The molecule has 0 aliphatic carbocycles. The van der Waals surface area contributed by atoms with Gasteiger partial charge >= 0.3 is 5.97 Å². The largest absolute Gasteiger partial charge is 0.462 e. The SMILES string of the molecule is CCOC(=O)c1cc(N(C)CC2CCN(C)C2)ncc1N. The molecule has 1 fully saturated rings. The van der Waals surface area contributed by atoms with Crippen LogP contribution in [0.2, 0.25) is 0 Å². The number of rotatable bonds is 5. The smallest absolute Gasteiger partial charge is 0.340 e. The number of likely N-dealkylation sites (tertiary alicyclic amines) is 1. The van der Waals surface area contributed by atoms with Crippen LogP contribution in [0, 0.1) is 5.92 Å². The first kappa shape index (κ1) is 15.6. The van der Waals surface area contributed by atoms with E-state index in [1.54, 1.807) is 13.0 Å². The van der Waals surface area contributed by atoms with Crippen molar-refractivity contribution in [2.24, 2.45) is 5.92 Å². The van der Waals surface area contributed by atoms with Gasteiger partial charge in [0.05, 0.1) is 24.1 Å². The van der Waals surface area contributed by atoms with Crippen molar-refractivity contribution < 1.29 is 9.53 Å². The Morgan fingerprint density at radius 3 is 3.00 bits per heavy atom. The molecule has 116 valence electrons. The minimum absolute atomic E-state index is 0.334. The minimum atomic E-state index is -0.396. The highest BCUT2D eigenvalue weighted by atomic mass is 16.5. The summed E-state index contributed by atoms with van der Waals surface area (Å²) >= 11 is 0. The molecule has 6 nitrogen and oxygen atoms in total. The van der Waals surface area contributed by atoms with E-state index in [9.17, 15) is 4.79 Å². The Labute approximate surface area is 125 Å². The van der Waals surface area contributed by atoms with Crippen molar-refractivity contribution in [1.82, 2.24) is 9.88 Å². The Balaban J connectivity index is 2.08. The van der Waals surface area contributed by atoms with E-state index in [4.69, 9.17) is 10.5 Å². The third kappa shape index (κ3) is 3.85. The average Bonchev–Trinajstić information content (AvgIpc) is 2.84. The van der Waals surface area contributed by atoms with E-state index in [1.807, 2.05) is 7.05 Å². The number of pyridine rings is 1. The molecule has 1 unspecified atom stereocenters. The van der Waals surface area contributed by atoms with Crippen LogP contribution in [0.4, 0.5) is 11.5 Å². The summed E-state index contributed by atoms with van der Waals surface area (Å²) in [5.74, 6) is 0.986. The molecule has 0 saturated carbocycles. The van der Waals surface area contributed by atoms with Gasteiger partial charge in [-0.15, -0.1) is 0 Å². The number of ether oxygens (including phenoxy) is 1. The normalized spacial score (nSPS) is 18.7. The summed E-state index contributed by atoms with van der Waals surface area (Å²) in [4.78, 5) is 20.6. The highest BCUT2D eigenvalue weighted by Gasteiger charge is 2.22. The molecule has 0 spiro atoms. The topological polar surface area (TPSA) is 71.7 Å². The van der Waals surface area contributed by atoms with Gasteiger partial charge < -0.3 is 20.3 Å². The average molecular weight is 292 g/mol. The molecule has 1 saturated heterocycles. The second kappa shape index (κ2) is 6.76. The highest BCUT2D eigenvalue weighted by Crippen LogP contribution is 2.21. The van der Waals surface area contributed by atoms with Gasteiger partial charge in [-0.3, -0.25) is 0 Å². The number of nitrogens with two attached hydrogens (primary N) is 1. The van der Waals surface area contributed by atoms with Crippen LogP contribution in [-0.4, -0.2) is 56.2 Å². The number of esters is 1. The zero-order valence-corrected chi connectivity index (χ0v) is 13.0. The molecule has 0 radical (unpaired) electrons. The van der Waals surface area contributed by atoms with Crippen LogP contribution in [0.1, 0.15) is 23.7 Å². The molecule has 21 heavy (non-hydrogen) atoms. The van der Waals surface area contributed by atoms with E-state index < -0.39 is 5.97 Å². The first-order valence-electron chi connectivity index (χ1n) is 7.33. The minimum Gasteiger partial charge on any atom is -0.462 e. The van der Waals surface area contributed by atoms with Crippen molar-refractivity contribution in [1.29, 1.82) is 0 Å². The fourth-order valence-electron chi connectivity index (χ4n) is 2.71. The molecular formula is C15H24N4O2. The number of nitrogens with zero attached hydrogens (tertiary/aromatic N) is 3. The molecule has 2 rings (SSSR count). The summed E-state index contributed by atoms with van der Waals surface area (Å²) in [7, 11) is 4.13. The molecule has 2 N–H and O–H groups in total. The number of anilines is 2. The zero-order chi connectivity index (χ0) is 15.4. The molecule has 0 bridgehead atoms. The Kier molecular flexibility index (Phi) is 5.01. The highest BCUT2D eigenvalue weighted by molar-refractivity contribution is 5.95. The van der Waals surface area contributed by atoms with Crippen LogP contribution in [-0.2, 0) is 4.74 Å². The maximum Gasteiger partial charge on any atom is 0.340 e. The van der Waals surface area contributed by atoms with E-state index in [0.29, 0.717) is 23.8 Å². The van der Waals surface area contributed by atoms with Crippen molar-refractivity contribution in [3.8, 4) is 0 Å². The van der Waals surface area contributed by atoms with Crippen molar-refractivity contribution in [3.63, 3.8) is 0 Å². The van der Waals surface area contributed by atoms with E-state index in [-0.39, 0.29) is 0 Å². The number of hydrogen-bond donors (Lipinski definition) is 1. The maximum atomic E-state index is 11.9. The fraction of sp³-hybridized carbons (Fsp3) is 0.600. The first-order chi connectivity index (χ1) is 10.0. The van der Waals surface area contributed by atoms with Crippen molar-refractivity contribution in [2.45, 2.75) is 13.3 Å². The molecule has 1 aliphatic rings. The van der Waals surface area contributed by atoms with Gasteiger partial charge in [0.25, 0.3) is 0 Å². The molecular weight excluding hydrogens is 268 g/mol. The molecule has 1 aliphatic heterocycles. The van der Waals surface area contributed by atoms with Gasteiger partial charge in [-0.05, 0) is 38.9 Å².